The van der Waals surface area contributed by atoms with Crippen LogP contribution < -0.4 is 9.88 Å². The number of hydrogen-bond donors (Lipinski definition) is 1. The first-order chi connectivity index (χ1) is 18.6. The maximum atomic E-state index is 14.0. The highest BCUT2D eigenvalue weighted by Crippen LogP contribution is 2.35. The van der Waals surface area contributed by atoms with Gasteiger partial charge in [0.15, 0.2) is 11.9 Å². The van der Waals surface area contributed by atoms with Crippen molar-refractivity contribution in [3.05, 3.63) is 82.8 Å². The Labute approximate surface area is 225 Å². The summed E-state index contributed by atoms with van der Waals surface area (Å²) in [5, 5.41) is 2.65. The number of nitrogens with zero attached hydrogens (tertiary/aromatic N) is 5. The molecule has 7 nitrogen and oxygen atoms in total. The summed E-state index contributed by atoms with van der Waals surface area (Å²) < 4.78 is 43.9. The van der Waals surface area contributed by atoms with Crippen molar-refractivity contribution in [2.45, 2.75) is 32.1 Å². The molecular weight excluding hydrogens is 505 g/mol. The average molecular weight is 536 g/mol. The normalized spacial score (nSPS) is 18.2. The predicted molar refractivity (Wildman–Crippen MR) is 145 cm³/mol. The van der Waals surface area contributed by atoms with E-state index in [9.17, 15) is 18.0 Å². The van der Waals surface area contributed by atoms with Gasteiger partial charge >= 0.3 is 12.0 Å². The van der Waals surface area contributed by atoms with Gasteiger partial charge in [-0.05, 0) is 79.5 Å². The molecule has 3 aromatic rings. The van der Waals surface area contributed by atoms with Gasteiger partial charge in [0.05, 0.1) is 11.8 Å². The molecule has 2 aromatic carbocycles. The molecule has 0 aliphatic carbocycles. The van der Waals surface area contributed by atoms with E-state index in [2.05, 4.69) is 20.2 Å². The molecule has 1 N–H and O–H groups in total. The lowest BCUT2D eigenvalue weighted by atomic mass is 10.0. The van der Waals surface area contributed by atoms with Crippen molar-refractivity contribution in [2.24, 2.45) is 4.99 Å². The third-order valence-electron chi connectivity index (χ3n) is 7.24. The SMILES string of the molecule is Cc1ccc(C(=O)Nc2ccc(CN3CCC(N(C)C)C3)c(C(F)(F)F)c2)cc1C=C1C=Nc2cncc[n+]21. The molecule has 0 radical (unpaired) electrons. The van der Waals surface area contributed by atoms with Crippen LogP contribution in [0.4, 0.5) is 24.7 Å². The standard InChI is InChI=1S/C29H29F3N6O/c1-19-4-5-20(12-22(19)13-25-15-34-27-16-33-9-11-38(25)27)28(39)35-23-7-6-21(26(14-23)29(30,31)32)17-37-10-8-24(18-37)36(2)3/h4-7,9,11-16,24H,8,10,17-18H2,1-3H3/p+1. The maximum absolute atomic E-state index is 14.0. The van der Waals surface area contributed by atoms with Crippen molar-refractivity contribution in [2.75, 3.05) is 32.5 Å². The summed E-state index contributed by atoms with van der Waals surface area (Å²) >= 11 is 0. The number of likely N-dealkylation sites (tertiary alicyclic amines) is 1. The number of likely N-dealkylation sites (N-methyl/N-ethyl adjacent to an activating group) is 1. The lowest BCUT2D eigenvalue weighted by molar-refractivity contribution is -0.557. The number of rotatable bonds is 6. The molecule has 1 unspecified atom stereocenters. The number of benzene rings is 2. The monoisotopic (exact) mass is 535 g/mol. The number of fused-ring (bicyclic) bond motifs is 1. The van der Waals surface area contributed by atoms with Gasteiger partial charge in [0.25, 0.3) is 5.91 Å². The van der Waals surface area contributed by atoms with Crippen LogP contribution in [0.5, 0.6) is 0 Å². The molecule has 1 amide bonds. The minimum Gasteiger partial charge on any atom is -0.322 e. The molecule has 39 heavy (non-hydrogen) atoms. The zero-order valence-electron chi connectivity index (χ0n) is 22.0. The second-order valence-electron chi connectivity index (χ2n) is 10.2. The molecule has 0 bridgehead atoms. The number of carbonyl (C=O) groups is 1. The number of amides is 1. The van der Waals surface area contributed by atoms with Crippen LogP contribution in [0.15, 0.2) is 60.0 Å². The second kappa shape index (κ2) is 10.7. The Hall–Kier alpha value is -3.89. The Bertz CT molecular complexity index is 1460. The summed E-state index contributed by atoms with van der Waals surface area (Å²) in [7, 11) is 3.97. The summed E-state index contributed by atoms with van der Waals surface area (Å²) in [6.07, 6.45) is 5.12. The van der Waals surface area contributed by atoms with E-state index < -0.39 is 17.6 Å². The molecule has 1 atom stereocenters. The van der Waals surface area contributed by atoms with Gasteiger partial charge in [0.1, 0.15) is 12.4 Å². The van der Waals surface area contributed by atoms with E-state index in [-0.39, 0.29) is 17.8 Å². The van der Waals surface area contributed by atoms with Crippen LogP contribution in [-0.2, 0) is 12.7 Å². The molecule has 10 heteroatoms. The summed E-state index contributed by atoms with van der Waals surface area (Å²) in [6.45, 7) is 3.61. The van der Waals surface area contributed by atoms with Gasteiger partial charge in [-0.25, -0.2) is 0 Å². The van der Waals surface area contributed by atoms with Gasteiger partial charge in [-0.15, -0.1) is 0 Å². The fraction of sp³-hybridized carbons (Fsp3) is 0.310. The van der Waals surface area contributed by atoms with Gasteiger partial charge < -0.3 is 10.2 Å². The number of aryl methyl sites for hydroxylation is 1. The molecular formula is C29H30F3N6O+. The zero-order chi connectivity index (χ0) is 27.7. The minimum absolute atomic E-state index is 0.101. The molecule has 0 saturated carbocycles. The summed E-state index contributed by atoms with van der Waals surface area (Å²) in [4.78, 5) is 25.6. The summed E-state index contributed by atoms with van der Waals surface area (Å²) in [6, 6.07) is 9.56. The quantitative estimate of drug-likeness (QED) is 0.461. The fourth-order valence-corrected chi connectivity index (χ4v) is 4.94. The van der Waals surface area contributed by atoms with Crippen LogP contribution in [0.3, 0.4) is 0 Å². The Morgan fingerprint density at radius 1 is 1.23 bits per heavy atom. The van der Waals surface area contributed by atoms with Crippen molar-refractivity contribution in [3.8, 4) is 0 Å². The van der Waals surface area contributed by atoms with Crippen LogP contribution in [-0.4, -0.2) is 60.1 Å². The van der Waals surface area contributed by atoms with Gasteiger partial charge in [0.2, 0.25) is 0 Å². The lowest BCUT2D eigenvalue weighted by Gasteiger charge is -2.22. The van der Waals surface area contributed by atoms with Gasteiger partial charge in [-0.2, -0.15) is 17.7 Å². The third-order valence-corrected chi connectivity index (χ3v) is 7.24. The number of nitrogens with one attached hydrogen (secondary N) is 1. The number of aromatic nitrogens is 2. The van der Waals surface area contributed by atoms with Gasteiger partial charge in [-0.1, -0.05) is 12.1 Å². The Balaban J connectivity index is 1.35. The molecule has 202 valence electrons. The third kappa shape index (κ3) is 5.91. The summed E-state index contributed by atoms with van der Waals surface area (Å²) in [5.74, 6) is 0.211. The van der Waals surface area contributed by atoms with Crippen LogP contribution in [0.2, 0.25) is 0 Å². The lowest BCUT2D eigenvalue weighted by Crippen LogP contribution is -2.31. The van der Waals surface area contributed by atoms with E-state index in [0.717, 1.165) is 42.4 Å². The first kappa shape index (κ1) is 26.7. The van der Waals surface area contributed by atoms with Crippen molar-refractivity contribution in [1.82, 2.24) is 14.8 Å². The van der Waals surface area contributed by atoms with Crippen molar-refractivity contribution in [3.63, 3.8) is 0 Å². The molecule has 2 aliphatic heterocycles. The topological polar surface area (TPSA) is 64.7 Å². The number of hydrogen-bond acceptors (Lipinski definition) is 5. The van der Waals surface area contributed by atoms with Gasteiger partial charge in [0, 0.05) is 36.9 Å². The number of anilines is 1. The Morgan fingerprint density at radius 2 is 2.05 bits per heavy atom. The smallest absolute Gasteiger partial charge is 0.322 e. The van der Waals surface area contributed by atoms with Crippen molar-refractivity contribution < 1.29 is 22.5 Å². The van der Waals surface area contributed by atoms with Crippen molar-refractivity contribution >= 4 is 35.4 Å². The van der Waals surface area contributed by atoms with E-state index in [1.165, 1.54) is 12.1 Å². The number of allylic oxidation sites excluding steroid dienone is 1. The largest absolute Gasteiger partial charge is 0.416 e. The molecule has 5 rings (SSSR count). The number of carbonyl (C=O) groups excluding carboxylic acids is 1. The molecule has 1 saturated heterocycles. The number of alkyl halides is 3. The molecule has 1 fully saturated rings. The van der Waals surface area contributed by atoms with E-state index in [1.807, 2.05) is 42.6 Å². The predicted octanol–water partition coefficient (Wildman–Crippen LogP) is 4.80. The molecule has 2 aliphatic rings. The second-order valence-corrected chi connectivity index (χ2v) is 10.2. The van der Waals surface area contributed by atoms with Crippen LogP contribution in [0.25, 0.3) is 11.8 Å². The van der Waals surface area contributed by atoms with Gasteiger partial charge in [-0.3, -0.25) is 14.7 Å². The van der Waals surface area contributed by atoms with E-state index in [1.54, 1.807) is 36.9 Å². The van der Waals surface area contributed by atoms with E-state index >= 15 is 0 Å². The maximum Gasteiger partial charge on any atom is 0.416 e. The number of aliphatic imine (C=N–C) groups is 1. The highest BCUT2D eigenvalue weighted by atomic mass is 19.4. The number of halogens is 3. The minimum atomic E-state index is -4.54. The van der Waals surface area contributed by atoms with Crippen LogP contribution >= 0.6 is 0 Å². The summed E-state index contributed by atoms with van der Waals surface area (Å²) in [5.41, 5.74) is 2.47. The molecule has 1 aromatic heterocycles. The van der Waals surface area contributed by atoms with Crippen LogP contribution in [0.1, 0.15) is 39.0 Å². The Morgan fingerprint density at radius 3 is 2.79 bits per heavy atom. The first-order valence-corrected chi connectivity index (χ1v) is 12.7. The Kier molecular flexibility index (Phi) is 7.33. The first-order valence-electron chi connectivity index (χ1n) is 12.7. The fourth-order valence-electron chi connectivity index (χ4n) is 4.94. The average Bonchev–Trinajstić information content (AvgIpc) is 3.53. The van der Waals surface area contributed by atoms with E-state index in [4.69, 9.17) is 0 Å². The van der Waals surface area contributed by atoms with E-state index in [0.29, 0.717) is 17.4 Å². The highest BCUT2D eigenvalue weighted by molar-refractivity contribution is 6.08. The van der Waals surface area contributed by atoms with Crippen LogP contribution in [0, 0.1) is 6.92 Å². The van der Waals surface area contributed by atoms with Crippen molar-refractivity contribution in [1.29, 1.82) is 0 Å². The highest BCUT2D eigenvalue weighted by Gasteiger charge is 2.35. The molecule has 3 heterocycles. The molecule has 0 spiro atoms. The zero-order valence-corrected chi connectivity index (χ0v) is 22.0.